The van der Waals surface area contributed by atoms with Crippen molar-refractivity contribution in [2.75, 3.05) is 6.54 Å². The Morgan fingerprint density at radius 3 is 2.83 bits per heavy atom. The summed E-state index contributed by atoms with van der Waals surface area (Å²) in [6.45, 7) is 0.848. The summed E-state index contributed by atoms with van der Waals surface area (Å²) in [5.41, 5.74) is 6.88. The van der Waals surface area contributed by atoms with Crippen LogP contribution in [0.2, 0.25) is 0 Å². The van der Waals surface area contributed by atoms with Gasteiger partial charge >= 0.3 is 0 Å². The number of nitriles is 1. The normalized spacial score (nSPS) is 17.6. The summed E-state index contributed by atoms with van der Waals surface area (Å²) in [4.78, 5) is 25.4. The van der Waals surface area contributed by atoms with Crippen LogP contribution in [0.1, 0.15) is 18.4 Å². The molecule has 1 aromatic carbocycles. The summed E-state index contributed by atoms with van der Waals surface area (Å²) in [6, 6.07) is 10.3. The van der Waals surface area contributed by atoms with Gasteiger partial charge in [-0.25, -0.2) is 0 Å². The fourth-order valence-electron chi connectivity index (χ4n) is 2.37. The molecule has 2 atom stereocenters. The Bertz CT molecular complexity index is 621. The smallest absolute Gasteiger partial charge is 0.241 e. The van der Waals surface area contributed by atoms with Gasteiger partial charge in [-0.05, 0) is 18.1 Å². The second-order valence-corrected chi connectivity index (χ2v) is 5.40. The third kappa shape index (κ3) is 4.66. The molecule has 0 aromatic heterocycles. The van der Waals surface area contributed by atoms with Gasteiger partial charge in [-0.1, -0.05) is 36.4 Å². The van der Waals surface area contributed by atoms with E-state index in [0.29, 0.717) is 13.1 Å². The van der Waals surface area contributed by atoms with Crippen LogP contribution < -0.4 is 11.1 Å². The Hall–Kier alpha value is -2.65. The molecule has 6 nitrogen and oxygen atoms in total. The van der Waals surface area contributed by atoms with E-state index in [0.717, 1.165) is 5.56 Å². The highest BCUT2D eigenvalue weighted by atomic mass is 16.2. The molecule has 2 unspecified atom stereocenters. The van der Waals surface area contributed by atoms with E-state index in [1.54, 1.807) is 12.2 Å². The predicted molar refractivity (Wildman–Crippen MR) is 85.8 cm³/mol. The van der Waals surface area contributed by atoms with Gasteiger partial charge in [0.2, 0.25) is 11.8 Å². The average Bonchev–Trinajstić information content (AvgIpc) is 3.06. The number of hydrogen-bond acceptors (Lipinski definition) is 4. The summed E-state index contributed by atoms with van der Waals surface area (Å²) in [7, 11) is 0. The molecule has 6 heteroatoms. The van der Waals surface area contributed by atoms with Gasteiger partial charge in [-0.3, -0.25) is 9.59 Å². The number of nitrogens with two attached hydrogens (primary N) is 1. The number of carbonyl (C=O) groups is 2. The van der Waals surface area contributed by atoms with Crippen LogP contribution in [0.4, 0.5) is 0 Å². The third-order valence-electron chi connectivity index (χ3n) is 3.70. The van der Waals surface area contributed by atoms with Crippen LogP contribution in [0.25, 0.3) is 0 Å². The molecule has 3 N–H and O–H groups in total. The Morgan fingerprint density at radius 2 is 2.13 bits per heavy atom. The van der Waals surface area contributed by atoms with Crippen LogP contribution in [-0.2, 0) is 16.1 Å². The molecule has 23 heavy (non-hydrogen) atoms. The second kappa shape index (κ2) is 8.11. The number of nitrogens with zero attached hydrogens (tertiary/aromatic N) is 2. The van der Waals surface area contributed by atoms with Crippen LogP contribution in [-0.4, -0.2) is 35.3 Å². The molecule has 0 fully saturated rings. The molecule has 0 saturated carbocycles. The molecule has 1 aliphatic rings. The number of rotatable bonds is 6. The van der Waals surface area contributed by atoms with Crippen LogP contribution in [0.3, 0.4) is 0 Å². The van der Waals surface area contributed by atoms with Crippen molar-refractivity contribution in [2.24, 2.45) is 5.73 Å². The van der Waals surface area contributed by atoms with E-state index < -0.39 is 12.1 Å². The molecule has 1 heterocycles. The number of hydrogen-bond donors (Lipinski definition) is 2. The molecule has 1 aliphatic heterocycles. The first-order valence-electron chi connectivity index (χ1n) is 7.55. The zero-order valence-electron chi connectivity index (χ0n) is 12.8. The van der Waals surface area contributed by atoms with Crippen molar-refractivity contribution in [3.8, 4) is 6.07 Å². The molecule has 0 spiro atoms. The zero-order chi connectivity index (χ0) is 16.7. The van der Waals surface area contributed by atoms with Gasteiger partial charge in [0.05, 0.1) is 12.1 Å². The molecule has 0 radical (unpaired) electrons. The monoisotopic (exact) mass is 312 g/mol. The minimum atomic E-state index is -0.770. The first-order valence-corrected chi connectivity index (χ1v) is 7.55. The lowest BCUT2D eigenvalue weighted by Gasteiger charge is -2.23. The standard InChI is InChI=1S/C17H20N4O2/c18-11-14-7-4-10-21(14)17(23)15(19)8-9-16(22)20-12-13-5-2-1-3-6-13/h1-7,14-15H,8-10,12,19H2,(H,20,22). The number of carbonyl (C=O) groups excluding carboxylic acids is 2. The molecule has 120 valence electrons. The summed E-state index contributed by atoms with van der Waals surface area (Å²) in [5, 5.41) is 11.8. The quantitative estimate of drug-likeness (QED) is 0.755. The lowest BCUT2D eigenvalue weighted by Crippen LogP contribution is -2.46. The third-order valence-corrected chi connectivity index (χ3v) is 3.70. The first-order chi connectivity index (χ1) is 11.1. The van der Waals surface area contributed by atoms with E-state index >= 15 is 0 Å². The largest absolute Gasteiger partial charge is 0.352 e. The van der Waals surface area contributed by atoms with E-state index in [-0.39, 0.29) is 24.7 Å². The summed E-state index contributed by atoms with van der Waals surface area (Å²) >= 11 is 0. The van der Waals surface area contributed by atoms with Gasteiger partial charge in [0.1, 0.15) is 6.04 Å². The van der Waals surface area contributed by atoms with Crippen molar-refractivity contribution in [1.29, 1.82) is 5.26 Å². The average molecular weight is 312 g/mol. The van der Waals surface area contributed by atoms with Gasteiger partial charge in [0.25, 0.3) is 0 Å². The van der Waals surface area contributed by atoms with E-state index in [2.05, 4.69) is 5.32 Å². The molecule has 2 rings (SSSR count). The first kappa shape index (κ1) is 16.7. The summed E-state index contributed by atoms with van der Waals surface area (Å²) in [6.07, 6.45) is 3.88. The molecule has 1 aromatic rings. The number of benzene rings is 1. The second-order valence-electron chi connectivity index (χ2n) is 5.40. The van der Waals surface area contributed by atoms with E-state index in [9.17, 15) is 9.59 Å². The van der Waals surface area contributed by atoms with Gasteiger partial charge in [0.15, 0.2) is 0 Å². The molecule has 0 saturated heterocycles. The van der Waals surface area contributed by atoms with Crippen LogP contribution in [0, 0.1) is 11.3 Å². The maximum Gasteiger partial charge on any atom is 0.241 e. The lowest BCUT2D eigenvalue weighted by molar-refractivity contribution is -0.132. The molecular formula is C17H20N4O2. The van der Waals surface area contributed by atoms with Crippen molar-refractivity contribution < 1.29 is 9.59 Å². The van der Waals surface area contributed by atoms with E-state index in [1.165, 1.54) is 4.90 Å². The Morgan fingerprint density at radius 1 is 1.39 bits per heavy atom. The van der Waals surface area contributed by atoms with Crippen molar-refractivity contribution in [2.45, 2.75) is 31.5 Å². The fraction of sp³-hybridized carbons (Fsp3) is 0.353. The maximum absolute atomic E-state index is 12.2. The van der Waals surface area contributed by atoms with Gasteiger partial charge in [-0.2, -0.15) is 5.26 Å². The Kier molecular flexibility index (Phi) is 5.89. The lowest BCUT2D eigenvalue weighted by atomic mass is 10.1. The number of amides is 2. The molecular weight excluding hydrogens is 292 g/mol. The van der Waals surface area contributed by atoms with Gasteiger partial charge in [-0.15, -0.1) is 0 Å². The van der Waals surface area contributed by atoms with Crippen LogP contribution in [0.15, 0.2) is 42.5 Å². The van der Waals surface area contributed by atoms with Crippen molar-refractivity contribution in [1.82, 2.24) is 10.2 Å². The van der Waals surface area contributed by atoms with Crippen molar-refractivity contribution >= 4 is 11.8 Å². The van der Waals surface area contributed by atoms with Crippen molar-refractivity contribution in [3.05, 3.63) is 48.0 Å². The fourth-order valence-corrected chi connectivity index (χ4v) is 2.37. The topological polar surface area (TPSA) is 99.2 Å². The Labute approximate surface area is 135 Å². The predicted octanol–water partition coefficient (Wildman–Crippen LogP) is 0.701. The highest BCUT2D eigenvalue weighted by molar-refractivity contribution is 5.84. The molecule has 0 aliphatic carbocycles. The summed E-state index contributed by atoms with van der Waals surface area (Å²) in [5.74, 6) is -0.439. The maximum atomic E-state index is 12.2. The highest BCUT2D eigenvalue weighted by Crippen LogP contribution is 2.11. The van der Waals surface area contributed by atoms with E-state index in [1.807, 2.05) is 36.4 Å². The van der Waals surface area contributed by atoms with Crippen LogP contribution >= 0.6 is 0 Å². The Balaban J connectivity index is 1.73. The minimum Gasteiger partial charge on any atom is -0.352 e. The SMILES string of the molecule is N#CC1C=CCN1C(=O)C(N)CCC(=O)NCc1ccccc1. The molecule has 2 amide bonds. The summed E-state index contributed by atoms with van der Waals surface area (Å²) < 4.78 is 0. The van der Waals surface area contributed by atoms with Gasteiger partial charge < -0.3 is 16.0 Å². The van der Waals surface area contributed by atoms with Crippen molar-refractivity contribution in [3.63, 3.8) is 0 Å². The number of nitrogens with one attached hydrogen (secondary N) is 1. The van der Waals surface area contributed by atoms with Gasteiger partial charge in [0, 0.05) is 19.5 Å². The van der Waals surface area contributed by atoms with E-state index in [4.69, 9.17) is 11.0 Å². The molecule has 0 bridgehead atoms. The van der Waals surface area contributed by atoms with Crippen LogP contribution in [0.5, 0.6) is 0 Å². The highest BCUT2D eigenvalue weighted by Gasteiger charge is 2.28. The zero-order valence-corrected chi connectivity index (χ0v) is 12.8. The minimum absolute atomic E-state index is 0.145.